The van der Waals surface area contributed by atoms with Gasteiger partial charge < -0.3 is 9.84 Å². The van der Waals surface area contributed by atoms with Crippen molar-refractivity contribution in [1.82, 2.24) is 4.90 Å². The number of carbonyl (C=O) groups is 1. The summed E-state index contributed by atoms with van der Waals surface area (Å²) in [5.41, 5.74) is -0.826. The van der Waals surface area contributed by atoms with Gasteiger partial charge in [-0.3, -0.25) is 9.69 Å². The number of hydrogen-bond donors (Lipinski definition) is 1. The molecule has 14 heavy (non-hydrogen) atoms. The van der Waals surface area contributed by atoms with Crippen molar-refractivity contribution >= 4 is 5.97 Å². The summed E-state index contributed by atoms with van der Waals surface area (Å²) in [6, 6.07) is 0.195. The molecule has 0 aromatic heterocycles. The van der Waals surface area contributed by atoms with Gasteiger partial charge in [-0.05, 0) is 34.2 Å². The van der Waals surface area contributed by atoms with E-state index in [0.29, 0.717) is 6.61 Å². The number of ether oxygens (including phenoxy) is 1. The van der Waals surface area contributed by atoms with Gasteiger partial charge in [-0.25, -0.2) is 0 Å². The number of hydrogen-bond acceptors (Lipinski definition) is 3. The third-order valence-electron chi connectivity index (χ3n) is 2.81. The molecule has 0 rings (SSSR count). The SMILES string of the molecule is COCCC(C)N(C)C(C)(C)C(=O)O. The molecule has 0 amide bonds. The first-order valence-corrected chi connectivity index (χ1v) is 4.79. The van der Waals surface area contributed by atoms with E-state index in [1.807, 2.05) is 18.9 Å². The van der Waals surface area contributed by atoms with Gasteiger partial charge in [0.1, 0.15) is 5.54 Å². The highest BCUT2D eigenvalue weighted by Crippen LogP contribution is 2.17. The Balaban J connectivity index is 4.29. The molecule has 1 unspecified atom stereocenters. The number of carboxylic acid groups (broad SMARTS) is 1. The minimum atomic E-state index is -0.826. The largest absolute Gasteiger partial charge is 0.480 e. The molecule has 0 aliphatic heterocycles. The third kappa shape index (κ3) is 3.27. The van der Waals surface area contributed by atoms with Gasteiger partial charge in [-0.1, -0.05) is 0 Å². The lowest BCUT2D eigenvalue weighted by Gasteiger charge is -2.36. The van der Waals surface area contributed by atoms with Crippen LogP contribution in [0, 0.1) is 0 Å². The van der Waals surface area contributed by atoms with Crippen molar-refractivity contribution in [2.24, 2.45) is 0 Å². The molecule has 84 valence electrons. The molecule has 0 bridgehead atoms. The summed E-state index contributed by atoms with van der Waals surface area (Å²) in [7, 11) is 3.48. The van der Waals surface area contributed by atoms with E-state index in [-0.39, 0.29) is 6.04 Å². The molecule has 0 saturated carbocycles. The molecular weight excluding hydrogens is 182 g/mol. The number of nitrogens with zero attached hydrogens (tertiary/aromatic N) is 1. The average Bonchev–Trinajstić information content (AvgIpc) is 2.12. The Bertz CT molecular complexity index is 192. The van der Waals surface area contributed by atoms with Crippen LogP contribution in [0.1, 0.15) is 27.2 Å². The molecule has 0 heterocycles. The van der Waals surface area contributed by atoms with Crippen LogP contribution < -0.4 is 0 Å². The maximum Gasteiger partial charge on any atom is 0.323 e. The summed E-state index contributed by atoms with van der Waals surface area (Å²) < 4.78 is 4.96. The van der Waals surface area contributed by atoms with Crippen molar-refractivity contribution in [3.8, 4) is 0 Å². The lowest BCUT2D eigenvalue weighted by Crippen LogP contribution is -2.51. The normalized spacial score (nSPS) is 14.4. The first-order valence-electron chi connectivity index (χ1n) is 4.79. The van der Waals surface area contributed by atoms with E-state index in [0.717, 1.165) is 6.42 Å². The summed E-state index contributed by atoms with van der Waals surface area (Å²) in [6.45, 7) is 6.07. The van der Waals surface area contributed by atoms with Crippen LogP contribution in [0.5, 0.6) is 0 Å². The fraction of sp³-hybridized carbons (Fsp3) is 0.900. The maximum absolute atomic E-state index is 11.0. The predicted octanol–water partition coefficient (Wildman–Crippen LogP) is 1.21. The van der Waals surface area contributed by atoms with Crippen LogP contribution in [-0.2, 0) is 9.53 Å². The fourth-order valence-electron chi connectivity index (χ4n) is 1.18. The van der Waals surface area contributed by atoms with Crippen molar-refractivity contribution in [3.05, 3.63) is 0 Å². The molecule has 1 atom stereocenters. The van der Waals surface area contributed by atoms with Crippen molar-refractivity contribution in [2.75, 3.05) is 20.8 Å². The van der Waals surface area contributed by atoms with Crippen molar-refractivity contribution in [3.63, 3.8) is 0 Å². The van der Waals surface area contributed by atoms with Gasteiger partial charge in [-0.2, -0.15) is 0 Å². The van der Waals surface area contributed by atoms with E-state index in [4.69, 9.17) is 9.84 Å². The molecule has 0 fully saturated rings. The highest BCUT2D eigenvalue weighted by atomic mass is 16.5. The van der Waals surface area contributed by atoms with E-state index in [2.05, 4.69) is 0 Å². The number of methoxy groups -OCH3 is 1. The fourth-order valence-corrected chi connectivity index (χ4v) is 1.18. The Morgan fingerprint density at radius 1 is 1.57 bits per heavy atom. The third-order valence-corrected chi connectivity index (χ3v) is 2.81. The standard InChI is InChI=1S/C10H21NO3/c1-8(6-7-14-5)11(4)10(2,3)9(12)13/h8H,6-7H2,1-5H3,(H,12,13). The van der Waals surface area contributed by atoms with Gasteiger partial charge in [0.15, 0.2) is 0 Å². The molecule has 0 aliphatic carbocycles. The Hall–Kier alpha value is -0.610. The van der Waals surface area contributed by atoms with E-state index < -0.39 is 11.5 Å². The highest BCUT2D eigenvalue weighted by Gasteiger charge is 2.34. The zero-order valence-corrected chi connectivity index (χ0v) is 9.70. The number of aliphatic carboxylic acids is 1. The predicted molar refractivity (Wildman–Crippen MR) is 55.4 cm³/mol. The second kappa shape index (κ2) is 5.32. The maximum atomic E-state index is 11.0. The van der Waals surface area contributed by atoms with Crippen LogP contribution in [0.25, 0.3) is 0 Å². The van der Waals surface area contributed by atoms with Crippen molar-refractivity contribution in [2.45, 2.75) is 38.8 Å². The Kier molecular flexibility index (Phi) is 5.08. The van der Waals surface area contributed by atoms with Gasteiger partial charge >= 0.3 is 5.97 Å². The van der Waals surface area contributed by atoms with Gasteiger partial charge in [0, 0.05) is 19.8 Å². The van der Waals surface area contributed by atoms with Crippen LogP contribution in [0.3, 0.4) is 0 Å². The number of rotatable bonds is 6. The lowest BCUT2D eigenvalue weighted by molar-refractivity contribution is -0.149. The Morgan fingerprint density at radius 3 is 2.43 bits per heavy atom. The second-order valence-electron chi connectivity index (χ2n) is 4.11. The minimum absolute atomic E-state index is 0.195. The van der Waals surface area contributed by atoms with Crippen LogP contribution in [-0.4, -0.2) is 48.3 Å². The smallest absolute Gasteiger partial charge is 0.323 e. The lowest BCUT2D eigenvalue weighted by atomic mass is 10.0. The molecule has 0 radical (unpaired) electrons. The van der Waals surface area contributed by atoms with Gasteiger partial charge in [0.05, 0.1) is 0 Å². The topological polar surface area (TPSA) is 49.8 Å². The molecular formula is C10H21NO3. The van der Waals surface area contributed by atoms with E-state index in [1.165, 1.54) is 0 Å². The van der Waals surface area contributed by atoms with Crippen LogP contribution in [0.15, 0.2) is 0 Å². The zero-order valence-electron chi connectivity index (χ0n) is 9.70. The Labute approximate surface area is 85.9 Å². The van der Waals surface area contributed by atoms with Crippen molar-refractivity contribution in [1.29, 1.82) is 0 Å². The molecule has 0 aliphatic rings. The number of likely N-dealkylation sites (N-methyl/N-ethyl adjacent to an activating group) is 1. The summed E-state index contributed by atoms with van der Waals surface area (Å²) >= 11 is 0. The van der Waals surface area contributed by atoms with Crippen LogP contribution in [0.4, 0.5) is 0 Å². The molecule has 4 heteroatoms. The summed E-state index contributed by atoms with van der Waals surface area (Å²) in [4.78, 5) is 12.8. The first-order chi connectivity index (χ1) is 6.34. The summed E-state index contributed by atoms with van der Waals surface area (Å²) in [5.74, 6) is -0.802. The van der Waals surface area contributed by atoms with E-state index in [9.17, 15) is 4.79 Å². The Morgan fingerprint density at radius 2 is 2.07 bits per heavy atom. The molecule has 0 aromatic rings. The molecule has 0 saturated heterocycles. The summed E-state index contributed by atoms with van der Waals surface area (Å²) in [6.07, 6.45) is 0.837. The quantitative estimate of drug-likeness (QED) is 0.705. The summed E-state index contributed by atoms with van der Waals surface area (Å²) in [5, 5.41) is 9.01. The van der Waals surface area contributed by atoms with E-state index in [1.54, 1.807) is 21.0 Å². The van der Waals surface area contributed by atoms with E-state index >= 15 is 0 Å². The first kappa shape index (κ1) is 13.4. The molecule has 0 aromatic carbocycles. The molecule has 0 spiro atoms. The van der Waals surface area contributed by atoms with Crippen molar-refractivity contribution < 1.29 is 14.6 Å². The number of carboxylic acids is 1. The van der Waals surface area contributed by atoms with Crippen LogP contribution in [0.2, 0.25) is 0 Å². The van der Waals surface area contributed by atoms with Gasteiger partial charge in [-0.15, -0.1) is 0 Å². The van der Waals surface area contributed by atoms with Gasteiger partial charge in [0.2, 0.25) is 0 Å². The van der Waals surface area contributed by atoms with Crippen LogP contribution >= 0.6 is 0 Å². The minimum Gasteiger partial charge on any atom is -0.480 e. The molecule has 1 N–H and O–H groups in total. The monoisotopic (exact) mass is 203 g/mol. The zero-order chi connectivity index (χ0) is 11.4. The highest BCUT2D eigenvalue weighted by molar-refractivity contribution is 5.77. The van der Waals surface area contributed by atoms with Gasteiger partial charge in [0.25, 0.3) is 0 Å². The average molecular weight is 203 g/mol. The molecule has 4 nitrogen and oxygen atoms in total. The second-order valence-corrected chi connectivity index (χ2v) is 4.11.